The first kappa shape index (κ1) is 24.0. The summed E-state index contributed by atoms with van der Waals surface area (Å²) < 4.78 is 0. The Hall–Kier alpha value is -3.17. The second kappa shape index (κ2) is 8.56. The molecule has 0 bridgehead atoms. The van der Waals surface area contributed by atoms with Crippen molar-refractivity contribution in [2.75, 3.05) is 34.7 Å². The minimum Gasteiger partial charge on any atom is -0.510 e. The minimum atomic E-state index is -1.24. The summed E-state index contributed by atoms with van der Waals surface area (Å²) in [6, 6.07) is 2.61. The molecule has 1 aromatic carbocycles. The molecule has 0 saturated heterocycles. The number of nitrogens with two attached hydrogens (primary N) is 1. The van der Waals surface area contributed by atoms with Crippen molar-refractivity contribution < 1.29 is 29.7 Å². The van der Waals surface area contributed by atoms with E-state index in [1.165, 1.54) is 6.07 Å². The number of aliphatic hydroxyl groups is 2. The van der Waals surface area contributed by atoms with Gasteiger partial charge in [-0.05, 0) is 76.5 Å². The Morgan fingerprint density at radius 3 is 2.35 bits per heavy atom. The van der Waals surface area contributed by atoms with E-state index in [2.05, 4.69) is 0 Å². The molecule has 0 aromatic heterocycles. The first-order valence-corrected chi connectivity index (χ1v) is 11.3. The highest BCUT2D eigenvalue weighted by molar-refractivity contribution is 6.28. The third-order valence-electron chi connectivity index (χ3n) is 7.37. The number of hydrogen-bond acceptors (Lipinski definition) is 8. The molecule has 0 heterocycles. The second-order valence-corrected chi connectivity index (χ2v) is 9.95. The standard InChI is InChI=1S/C25H31N3O6/c1-27(2)8-7-11-5-6-15(29)17-13(11)9-12-10-14-18(22(31)16(12)21(17)30)23(32)19(25(26)34)24(33)20(14)28(3)4/h5-6,12,14,18,20,29-30,33H,7-10H2,1-4H3,(H2,26,34)/t12?,14?,18?,20-/m0/s1. The van der Waals surface area contributed by atoms with Crippen LogP contribution in [0.15, 0.2) is 29.0 Å². The highest BCUT2D eigenvalue weighted by Crippen LogP contribution is 2.50. The van der Waals surface area contributed by atoms with E-state index in [-0.39, 0.29) is 28.6 Å². The van der Waals surface area contributed by atoms with Crippen LogP contribution in [0.5, 0.6) is 5.75 Å². The van der Waals surface area contributed by atoms with Crippen LogP contribution in [0.25, 0.3) is 5.76 Å². The van der Waals surface area contributed by atoms with Crippen molar-refractivity contribution in [1.29, 1.82) is 0 Å². The Kier molecular flexibility index (Phi) is 6.03. The molecule has 1 amide bonds. The van der Waals surface area contributed by atoms with Gasteiger partial charge in [0.25, 0.3) is 5.91 Å². The number of nitrogens with zero attached hydrogens (tertiary/aromatic N) is 2. The van der Waals surface area contributed by atoms with E-state index < -0.39 is 46.7 Å². The van der Waals surface area contributed by atoms with Gasteiger partial charge in [-0.3, -0.25) is 19.3 Å². The number of primary amides is 1. The summed E-state index contributed by atoms with van der Waals surface area (Å²) >= 11 is 0. The third-order valence-corrected chi connectivity index (χ3v) is 7.37. The summed E-state index contributed by atoms with van der Waals surface area (Å²) in [6.45, 7) is 0.772. The number of hydrogen-bond donors (Lipinski definition) is 4. The zero-order chi connectivity index (χ0) is 25.1. The van der Waals surface area contributed by atoms with E-state index in [1.54, 1.807) is 19.0 Å². The van der Waals surface area contributed by atoms with Crippen molar-refractivity contribution >= 4 is 23.2 Å². The smallest absolute Gasteiger partial charge is 0.255 e. The van der Waals surface area contributed by atoms with E-state index in [1.807, 2.05) is 25.1 Å². The van der Waals surface area contributed by atoms with Gasteiger partial charge in [-0.15, -0.1) is 0 Å². The molecule has 3 aliphatic carbocycles. The molecular formula is C25H31N3O6. The topological polar surface area (TPSA) is 144 Å². The van der Waals surface area contributed by atoms with Crippen LogP contribution in [0, 0.1) is 17.8 Å². The highest BCUT2D eigenvalue weighted by Gasteiger charge is 2.55. The van der Waals surface area contributed by atoms with E-state index in [0.717, 1.165) is 17.7 Å². The van der Waals surface area contributed by atoms with E-state index in [9.17, 15) is 29.7 Å². The fourth-order valence-corrected chi connectivity index (χ4v) is 5.91. The van der Waals surface area contributed by atoms with E-state index >= 15 is 0 Å². The molecule has 5 N–H and O–H groups in total. The molecule has 4 rings (SSSR count). The quantitative estimate of drug-likeness (QED) is 0.369. The maximum Gasteiger partial charge on any atom is 0.255 e. The summed E-state index contributed by atoms with van der Waals surface area (Å²) in [5, 5.41) is 32.5. The number of phenolic OH excluding ortho intramolecular Hbond substituents is 1. The van der Waals surface area contributed by atoms with Gasteiger partial charge in [-0.1, -0.05) is 6.07 Å². The van der Waals surface area contributed by atoms with E-state index in [4.69, 9.17) is 5.73 Å². The highest BCUT2D eigenvalue weighted by atomic mass is 16.3. The Morgan fingerprint density at radius 1 is 1.09 bits per heavy atom. The molecule has 1 saturated carbocycles. The van der Waals surface area contributed by atoms with Crippen LogP contribution in [0.2, 0.25) is 0 Å². The lowest BCUT2D eigenvalue weighted by Gasteiger charge is -2.46. The number of likely N-dealkylation sites (N-methyl/N-ethyl adjacent to an activating group) is 2. The number of carbonyl (C=O) groups is 3. The number of Topliss-reactive ketones (excluding diaryl/α,β-unsaturated/α-hetero) is 2. The number of phenols is 1. The number of allylic oxidation sites excluding steroid dienone is 1. The van der Waals surface area contributed by atoms with Crippen LogP contribution in [0.4, 0.5) is 0 Å². The molecule has 0 aliphatic heterocycles. The molecule has 0 radical (unpaired) electrons. The molecule has 4 atom stereocenters. The maximum atomic E-state index is 13.7. The molecule has 0 spiro atoms. The Labute approximate surface area is 198 Å². The fraction of sp³-hybridized carbons (Fsp3) is 0.480. The number of aromatic hydroxyl groups is 1. The SMILES string of the molecule is CN(C)CCc1ccc(O)c2c1CC1CC3C(C(=O)C(C(N)=O)=C(O)[C@H]3N(C)C)C(=O)C1=C2O. The lowest BCUT2D eigenvalue weighted by Crippen LogP contribution is -2.55. The Morgan fingerprint density at radius 2 is 1.76 bits per heavy atom. The number of carbonyl (C=O) groups excluding carboxylic acids is 3. The molecule has 1 aromatic rings. The average Bonchev–Trinajstić information content (AvgIpc) is 2.72. The lowest BCUT2D eigenvalue weighted by atomic mass is 9.59. The Balaban J connectivity index is 1.85. The third kappa shape index (κ3) is 3.59. The molecule has 1 fully saturated rings. The van der Waals surface area contributed by atoms with Crippen LogP contribution >= 0.6 is 0 Å². The number of amides is 1. The number of fused-ring (bicyclic) bond motifs is 3. The Bertz CT molecular complexity index is 1150. The minimum absolute atomic E-state index is 0.102. The van der Waals surface area contributed by atoms with Crippen LogP contribution in [0.3, 0.4) is 0 Å². The number of ketones is 2. The summed E-state index contributed by atoms with van der Waals surface area (Å²) in [5.74, 6) is -5.53. The molecule has 182 valence electrons. The first-order valence-electron chi connectivity index (χ1n) is 11.3. The summed E-state index contributed by atoms with van der Waals surface area (Å²) in [7, 11) is 7.33. The van der Waals surface area contributed by atoms with Gasteiger partial charge in [0.05, 0.1) is 17.5 Å². The van der Waals surface area contributed by atoms with Gasteiger partial charge in [0, 0.05) is 12.1 Å². The summed E-state index contributed by atoms with van der Waals surface area (Å²) in [5.41, 5.74) is 6.92. The molecular weight excluding hydrogens is 438 g/mol. The van der Waals surface area contributed by atoms with Gasteiger partial charge in [-0.25, -0.2) is 0 Å². The molecule has 9 nitrogen and oxygen atoms in total. The summed E-state index contributed by atoms with van der Waals surface area (Å²) in [4.78, 5) is 42.5. The van der Waals surface area contributed by atoms with Crippen molar-refractivity contribution in [1.82, 2.24) is 9.80 Å². The van der Waals surface area contributed by atoms with Gasteiger partial charge in [0.15, 0.2) is 11.6 Å². The van der Waals surface area contributed by atoms with Crippen molar-refractivity contribution in [3.63, 3.8) is 0 Å². The second-order valence-electron chi connectivity index (χ2n) is 9.95. The predicted octanol–water partition coefficient (Wildman–Crippen LogP) is 0.953. The molecule has 9 heteroatoms. The number of benzene rings is 1. The van der Waals surface area contributed by atoms with Crippen molar-refractivity contribution in [2.45, 2.75) is 25.3 Å². The van der Waals surface area contributed by atoms with Crippen molar-refractivity contribution in [3.05, 3.63) is 45.7 Å². The monoisotopic (exact) mass is 469 g/mol. The molecule has 3 aliphatic rings. The average molecular weight is 470 g/mol. The van der Waals surface area contributed by atoms with Gasteiger partial charge in [-0.2, -0.15) is 0 Å². The van der Waals surface area contributed by atoms with E-state index in [0.29, 0.717) is 19.3 Å². The van der Waals surface area contributed by atoms with Crippen LogP contribution in [0.1, 0.15) is 23.1 Å². The first-order chi connectivity index (χ1) is 16.0. The summed E-state index contributed by atoms with van der Waals surface area (Å²) in [6.07, 6.45) is 1.47. The van der Waals surface area contributed by atoms with Crippen LogP contribution < -0.4 is 5.73 Å². The predicted molar refractivity (Wildman–Crippen MR) is 125 cm³/mol. The molecule has 34 heavy (non-hydrogen) atoms. The number of aliphatic hydroxyl groups excluding tert-OH is 2. The number of rotatable bonds is 5. The molecule has 3 unspecified atom stereocenters. The zero-order valence-corrected chi connectivity index (χ0v) is 19.8. The van der Waals surface area contributed by atoms with Gasteiger partial charge in [0.2, 0.25) is 0 Å². The largest absolute Gasteiger partial charge is 0.510 e. The van der Waals surface area contributed by atoms with Crippen molar-refractivity contribution in [2.24, 2.45) is 23.5 Å². The normalized spacial score (nSPS) is 26.6. The lowest BCUT2D eigenvalue weighted by molar-refractivity contribution is -0.136. The maximum absolute atomic E-state index is 13.7. The van der Waals surface area contributed by atoms with Crippen molar-refractivity contribution in [3.8, 4) is 5.75 Å². The zero-order valence-electron chi connectivity index (χ0n) is 19.8. The van der Waals surface area contributed by atoms with Crippen LogP contribution in [-0.2, 0) is 27.2 Å². The van der Waals surface area contributed by atoms with Gasteiger partial charge in [0.1, 0.15) is 22.8 Å². The van der Waals surface area contributed by atoms with Gasteiger partial charge >= 0.3 is 0 Å². The van der Waals surface area contributed by atoms with Crippen LogP contribution in [-0.4, -0.2) is 83.4 Å². The fourth-order valence-electron chi connectivity index (χ4n) is 5.91. The van der Waals surface area contributed by atoms with Gasteiger partial charge < -0.3 is 26.0 Å².